The minimum Gasteiger partial charge on any atom is -0.377 e. The van der Waals surface area contributed by atoms with E-state index in [0.717, 1.165) is 15.9 Å². The van der Waals surface area contributed by atoms with Gasteiger partial charge in [0.1, 0.15) is 0 Å². The molecule has 17 heavy (non-hydrogen) atoms. The molecule has 1 N–H and O–H groups in total. The van der Waals surface area contributed by atoms with Gasteiger partial charge in [-0.15, -0.1) is 0 Å². The van der Waals surface area contributed by atoms with E-state index in [9.17, 15) is 0 Å². The first-order chi connectivity index (χ1) is 8.16. The van der Waals surface area contributed by atoms with Crippen LogP contribution in [0.5, 0.6) is 0 Å². The lowest BCUT2D eigenvalue weighted by Gasteiger charge is -2.14. The average molecular weight is 292 g/mol. The first-order valence-corrected chi connectivity index (χ1v) is 6.24. The van der Waals surface area contributed by atoms with Crippen molar-refractivity contribution in [3.05, 3.63) is 52.5 Å². The third kappa shape index (κ3) is 3.03. The minimum atomic E-state index is 0.137. The molecule has 1 aromatic heterocycles. The van der Waals surface area contributed by atoms with Crippen LogP contribution in [0.1, 0.15) is 24.2 Å². The highest BCUT2D eigenvalue weighted by atomic mass is 79.9. The number of rotatable bonds is 3. The van der Waals surface area contributed by atoms with E-state index in [4.69, 9.17) is 0 Å². The number of aryl methyl sites for hydroxylation is 1. The van der Waals surface area contributed by atoms with Crippen molar-refractivity contribution in [1.29, 1.82) is 0 Å². The molecular formula is C13H14BrN3. The zero-order valence-corrected chi connectivity index (χ0v) is 11.4. The maximum absolute atomic E-state index is 4.28. The number of benzene rings is 1. The fraction of sp³-hybridized carbons (Fsp3) is 0.231. The van der Waals surface area contributed by atoms with Gasteiger partial charge in [0.25, 0.3) is 0 Å². The number of halogens is 1. The van der Waals surface area contributed by atoms with Crippen LogP contribution in [0.15, 0.2) is 41.3 Å². The number of nitrogens with one attached hydrogen (secondary N) is 1. The maximum Gasteiger partial charge on any atom is 0.0806 e. The third-order valence-electron chi connectivity index (χ3n) is 2.58. The van der Waals surface area contributed by atoms with E-state index in [-0.39, 0.29) is 6.04 Å². The zero-order valence-electron chi connectivity index (χ0n) is 9.81. The molecule has 4 heteroatoms. The van der Waals surface area contributed by atoms with E-state index >= 15 is 0 Å². The molecule has 3 nitrogen and oxygen atoms in total. The van der Waals surface area contributed by atoms with Crippen molar-refractivity contribution in [3.63, 3.8) is 0 Å². The fourth-order valence-corrected chi connectivity index (χ4v) is 1.92. The van der Waals surface area contributed by atoms with Crippen molar-refractivity contribution in [3.8, 4) is 0 Å². The third-order valence-corrected chi connectivity index (χ3v) is 3.44. The summed E-state index contributed by atoms with van der Waals surface area (Å²) in [7, 11) is 0. The van der Waals surface area contributed by atoms with Crippen LogP contribution in [0.4, 0.5) is 5.69 Å². The van der Waals surface area contributed by atoms with Crippen LogP contribution in [0.3, 0.4) is 0 Å². The highest BCUT2D eigenvalue weighted by Crippen LogP contribution is 2.23. The Morgan fingerprint density at radius 1 is 1.29 bits per heavy atom. The molecule has 1 heterocycles. The summed E-state index contributed by atoms with van der Waals surface area (Å²) >= 11 is 3.52. The maximum atomic E-state index is 4.28. The summed E-state index contributed by atoms with van der Waals surface area (Å²) in [5.74, 6) is 0. The molecule has 0 aliphatic carbocycles. The zero-order chi connectivity index (χ0) is 12.3. The van der Waals surface area contributed by atoms with E-state index in [1.54, 1.807) is 18.6 Å². The van der Waals surface area contributed by atoms with Gasteiger partial charge in [-0.1, -0.05) is 22.0 Å². The average Bonchev–Trinajstić information content (AvgIpc) is 2.35. The molecule has 2 rings (SSSR count). The van der Waals surface area contributed by atoms with Crippen LogP contribution in [0.2, 0.25) is 0 Å². The van der Waals surface area contributed by atoms with Crippen molar-refractivity contribution >= 4 is 21.6 Å². The molecule has 0 amide bonds. The van der Waals surface area contributed by atoms with Gasteiger partial charge in [-0.25, -0.2) is 0 Å². The molecule has 0 radical (unpaired) electrons. The van der Waals surface area contributed by atoms with Gasteiger partial charge in [-0.2, -0.15) is 0 Å². The Morgan fingerprint density at radius 2 is 2.12 bits per heavy atom. The second-order valence-electron chi connectivity index (χ2n) is 3.96. The lowest BCUT2D eigenvalue weighted by atomic mass is 10.2. The Morgan fingerprint density at radius 3 is 2.76 bits per heavy atom. The van der Waals surface area contributed by atoms with Crippen LogP contribution < -0.4 is 5.32 Å². The van der Waals surface area contributed by atoms with Crippen LogP contribution in [-0.2, 0) is 0 Å². The second-order valence-corrected chi connectivity index (χ2v) is 4.81. The summed E-state index contributed by atoms with van der Waals surface area (Å²) < 4.78 is 1.11. The van der Waals surface area contributed by atoms with E-state index in [1.807, 2.05) is 0 Å². The predicted molar refractivity (Wildman–Crippen MR) is 72.9 cm³/mol. The molecule has 0 saturated carbocycles. The SMILES string of the molecule is Cc1ccc(NC(C)c2cnccn2)cc1Br. The van der Waals surface area contributed by atoms with Crippen molar-refractivity contribution in [1.82, 2.24) is 9.97 Å². The standard InChI is InChI=1S/C13H14BrN3/c1-9-3-4-11(7-12(9)14)17-10(2)13-8-15-5-6-16-13/h3-8,10,17H,1-2H3. The lowest BCUT2D eigenvalue weighted by Crippen LogP contribution is -2.08. The largest absolute Gasteiger partial charge is 0.377 e. The van der Waals surface area contributed by atoms with Crippen molar-refractivity contribution < 1.29 is 0 Å². The Labute approximate surface area is 109 Å². The number of anilines is 1. The van der Waals surface area contributed by atoms with Gasteiger partial charge < -0.3 is 5.32 Å². The molecule has 0 saturated heterocycles. The molecule has 1 unspecified atom stereocenters. The number of aromatic nitrogens is 2. The van der Waals surface area contributed by atoms with Crippen LogP contribution >= 0.6 is 15.9 Å². The van der Waals surface area contributed by atoms with Crippen molar-refractivity contribution in [2.45, 2.75) is 19.9 Å². The molecule has 0 fully saturated rings. The van der Waals surface area contributed by atoms with Gasteiger partial charge in [-0.05, 0) is 31.5 Å². The summed E-state index contributed by atoms with van der Waals surface area (Å²) in [6, 6.07) is 6.35. The van der Waals surface area contributed by atoms with Gasteiger partial charge in [-0.3, -0.25) is 9.97 Å². The Kier molecular flexibility index (Phi) is 3.74. The van der Waals surface area contributed by atoms with Gasteiger partial charge in [0.05, 0.1) is 17.9 Å². The molecule has 0 aliphatic heterocycles. The Balaban J connectivity index is 2.13. The Hall–Kier alpha value is -1.42. The second kappa shape index (κ2) is 5.27. The molecule has 88 valence electrons. The molecule has 1 atom stereocenters. The summed E-state index contributed by atoms with van der Waals surface area (Å²) in [4.78, 5) is 8.35. The summed E-state index contributed by atoms with van der Waals surface area (Å²) in [6.45, 7) is 4.14. The minimum absolute atomic E-state index is 0.137. The predicted octanol–water partition coefficient (Wildman–Crippen LogP) is 3.72. The van der Waals surface area contributed by atoms with E-state index in [2.05, 4.69) is 63.3 Å². The highest BCUT2D eigenvalue weighted by molar-refractivity contribution is 9.10. The first kappa shape index (κ1) is 12.0. The number of nitrogens with zero attached hydrogens (tertiary/aromatic N) is 2. The molecular weight excluding hydrogens is 278 g/mol. The van der Waals surface area contributed by atoms with E-state index in [1.165, 1.54) is 5.56 Å². The van der Waals surface area contributed by atoms with Crippen LogP contribution in [0, 0.1) is 6.92 Å². The molecule has 0 spiro atoms. The molecule has 0 bridgehead atoms. The fourth-order valence-electron chi connectivity index (χ4n) is 1.54. The van der Waals surface area contributed by atoms with Crippen molar-refractivity contribution in [2.24, 2.45) is 0 Å². The van der Waals surface area contributed by atoms with Crippen LogP contribution in [-0.4, -0.2) is 9.97 Å². The van der Waals surface area contributed by atoms with Gasteiger partial charge >= 0.3 is 0 Å². The lowest BCUT2D eigenvalue weighted by molar-refractivity contribution is 0.827. The van der Waals surface area contributed by atoms with E-state index < -0.39 is 0 Å². The summed E-state index contributed by atoms with van der Waals surface area (Å²) in [5.41, 5.74) is 3.23. The smallest absolute Gasteiger partial charge is 0.0806 e. The summed E-state index contributed by atoms with van der Waals surface area (Å²) in [6.07, 6.45) is 5.16. The monoisotopic (exact) mass is 291 g/mol. The molecule has 1 aromatic carbocycles. The van der Waals surface area contributed by atoms with Gasteiger partial charge in [0.15, 0.2) is 0 Å². The number of hydrogen-bond donors (Lipinski definition) is 1. The quantitative estimate of drug-likeness (QED) is 0.937. The van der Waals surface area contributed by atoms with Crippen molar-refractivity contribution in [2.75, 3.05) is 5.32 Å². The summed E-state index contributed by atoms with van der Waals surface area (Å²) in [5, 5.41) is 3.39. The van der Waals surface area contributed by atoms with Gasteiger partial charge in [0.2, 0.25) is 0 Å². The normalized spacial score (nSPS) is 12.2. The number of hydrogen-bond acceptors (Lipinski definition) is 3. The molecule has 2 aromatic rings. The van der Waals surface area contributed by atoms with E-state index in [0.29, 0.717) is 0 Å². The van der Waals surface area contributed by atoms with Gasteiger partial charge in [0, 0.05) is 22.6 Å². The highest BCUT2D eigenvalue weighted by Gasteiger charge is 2.07. The van der Waals surface area contributed by atoms with Crippen LogP contribution in [0.25, 0.3) is 0 Å². The first-order valence-electron chi connectivity index (χ1n) is 5.45. The topological polar surface area (TPSA) is 37.8 Å². The Bertz CT molecular complexity index is 499. The molecule has 0 aliphatic rings.